The molecule has 0 radical (unpaired) electrons. The van der Waals surface area contributed by atoms with Gasteiger partial charge in [0.25, 0.3) is 5.91 Å². The van der Waals surface area contributed by atoms with E-state index < -0.39 is 0 Å². The molecule has 4 rings (SSSR count). The first-order valence-corrected chi connectivity index (χ1v) is 8.57. The summed E-state index contributed by atoms with van der Waals surface area (Å²) >= 11 is 0. The van der Waals surface area contributed by atoms with Crippen molar-refractivity contribution in [3.63, 3.8) is 0 Å². The molecule has 6 heteroatoms. The van der Waals surface area contributed by atoms with Crippen LogP contribution in [0.25, 0.3) is 11.0 Å². The number of aromatic nitrogens is 3. The van der Waals surface area contributed by atoms with Crippen molar-refractivity contribution in [2.75, 3.05) is 18.9 Å². The van der Waals surface area contributed by atoms with E-state index in [0.717, 1.165) is 47.6 Å². The maximum atomic E-state index is 13.1. The van der Waals surface area contributed by atoms with Crippen molar-refractivity contribution in [3.8, 4) is 0 Å². The van der Waals surface area contributed by atoms with Gasteiger partial charge in [-0.05, 0) is 55.7 Å². The van der Waals surface area contributed by atoms with E-state index in [4.69, 9.17) is 0 Å². The summed E-state index contributed by atoms with van der Waals surface area (Å²) in [5.41, 5.74) is 3.62. The fraction of sp³-hybridized carbons (Fsp3) is 0.316. The van der Waals surface area contributed by atoms with Gasteiger partial charge in [-0.1, -0.05) is 0 Å². The van der Waals surface area contributed by atoms with Gasteiger partial charge in [0, 0.05) is 25.4 Å². The number of aryl methyl sites for hydroxylation is 1. The molecule has 1 aromatic carbocycles. The molecule has 0 aliphatic carbocycles. The number of H-pyrrole nitrogens is 1. The average Bonchev–Trinajstić information content (AvgIpc) is 3.26. The van der Waals surface area contributed by atoms with Gasteiger partial charge in [-0.2, -0.15) is 0 Å². The molecule has 6 nitrogen and oxygen atoms in total. The highest BCUT2D eigenvalue weighted by molar-refractivity contribution is 5.97. The molecule has 1 amide bonds. The van der Waals surface area contributed by atoms with Crippen molar-refractivity contribution in [2.45, 2.75) is 25.8 Å². The van der Waals surface area contributed by atoms with Gasteiger partial charge in [-0.3, -0.25) is 4.79 Å². The zero-order chi connectivity index (χ0) is 17.4. The number of imidazole rings is 1. The average molecular weight is 335 g/mol. The van der Waals surface area contributed by atoms with Crippen LogP contribution in [0.15, 0.2) is 36.5 Å². The van der Waals surface area contributed by atoms with E-state index in [1.807, 2.05) is 49.2 Å². The normalized spacial score (nSPS) is 17.2. The molecular formula is C19H21N5O. The van der Waals surface area contributed by atoms with Crippen molar-refractivity contribution in [1.82, 2.24) is 19.9 Å². The van der Waals surface area contributed by atoms with Crippen molar-refractivity contribution in [2.24, 2.45) is 0 Å². The molecule has 3 heterocycles. The van der Waals surface area contributed by atoms with Crippen LogP contribution in [0, 0.1) is 6.92 Å². The number of carbonyl (C=O) groups excluding carboxylic acids is 1. The van der Waals surface area contributed by atoms with Crippen LogP contribution in [0.1, 0.15) is 40.6 Å². The zero-order valence-electron chi connectivity index (χ0n) is 14.4. The fourth-order valence-electron chi connectivity index (χ4n) is 3.58. The summed E-state index contributed by atoms with van der Waals surface area (Å²) in [6.45, 7) is 2.70. The quantitative estimate of drug-likeness (QED) is 0.770. The van der Waals surface area contributed by atoms with Crippen molar-refractivity contribution < 1.29 is 4.79 Å². The Balaban J connectivity index is 1.65. The van der Waals surface area contributed by atoms with E-state index in [0.29, 0.717) is 5.56 Å². The summed E-state index contributed by atoms with van der Waals surface area (Å²) in [4.78, 5) is 26.9. The minimum absolute atomic E-state index is 0.0690. The number of hydrogen-bond acceptors (Lipinski definition) is 4. The minimum atomic E-state index is 0.0690. The summed E-state index contributed by atoms with van der Waals surface area (Å²) in [5.74, 6) is 1.75. The third-order valence-electron chi connectivity index (χ3n) is 4.79. The van der Waals surface area contributed by atoms with Crippen LogP contribution in [0.4, 0.5) is 5.82 Å². The molecule has 2 N–H and O–H groups in total. The number of anilines is 1. The number of nitrogens with one attached hydrogen (secondary N) is 2. The van der Waals surface area contributed by atoms with E-state index in [1.165, 1.54) is 0 Å². The van der Waals surface area contributed by atoms with Gasteiger partial charge in [0.15, 0.2) is 0 Å². The molecule has 0 spiro atoms. The van der Waals surface area contributed by atoms with Gasteiger partial charge in [-0.25, -0.2) is 9.97 Å². The number of rotatable bonds is 3. The standard InChI is InChI=1S/C19H21N5O/c1-12-22-15-6-5-14(10-16(15)23-12)19(25)24-9-3-4-17(24)13-7-8-21-18(11-13)20-2/h5-8,10-11,17H,3-4,9H2,1-2H3,(H,20,21)(H,22,23)/t17-/m0/s1. The number of pyridine rings is 1. The number of aromatic amines is 1. The van der Waals surface area contributed by atoms with Crippen LogP contribution in [0.5, 0.6) is 0 Å². The fourth-order valence-corrected chi connectivity index (χ4v) is 3.58. The van der Waals surface area contributed by atoms with Gasteiger partial charge >= 0.3 is 0 Å². The Morgan fingerprint density at radius 1 is 1.32 bits per heavy atom. The van der Waals surface area contributed by atoms with Crippen LogP contribution < -0.4 is 5.32 Å². The van der Waals surface area contributed by atoms with Gasteiger partial charge in [0.1, 0.15) is 11.6 Å². The lowest BCUT2D eigenvalue weighted by Gasteiger charge is -2.25. The van der Waals surface area contributed by atoms with E-state index >= 15 is 0 Å². The Hall–Kier alpha value is -2.89. The zero-order valence-corrected chi connectivity index (χ0v) is 14.4. The van der Waals surface area contributed by atoms with E-state index in [1.54, 1.807) is 6.20 Å². The highest BCUT2D eigenvalue weighted by atomic mass is 16.2. The molecule has 3 aromatic rings. The van der Waals surface area contributed by atoms with Gasteiger partial charge in [-0.15, -0.1) is 0 Å². The number of hydrogen-bond donors (Lipinski definition) is 2. The number of benzene rings is 1. The molecule has 1 fully saturated rings. The van der Waals surface area contributed by atoms with E-state index in [2.05, 4.69) is 20.3 Å². The summed E-state index contributed by atoms with van der Waals surface area (Å²) in [6, 6.07) is 9.80. The van der Waals surface area contributed by atoms with Crippen molar-refractivity contribution >= 4 is 22.8 Å². The van der Waals surface area contributed by atoms with Gasteiger partial charge in [0.2, 0.25) is 0 Å². The molecule has 0 bridgehead atoms. The molecule has 1 aliphatic rings. The molecule has 25 heavy (non-hydrogen) atoms. The monoisotopic (exact) mass is 335 g/mol. The van der Waals surface area contributed by atoms with Gasteiger partial charge < -0.3 is 15.2 Å². The third kappa shape index (κ3) is 2.84. The maximum absolute atomic E-state index is 13.1. The van der Waals surface area contributed by atoms with Crippen molar-refractivity contribution in [1.29, 1.82) is 0 Å². The molecule has 1 saturated heterocycles. The number of amides is 1. The predicted molar refractivity (Wildman–Crippen MR) is 97.6 cm³/mol. The second kappa shape index (κ2) is 6.20. The Labute approximate surface area is 146 Å². The lowest BCUT2D eigenvalue weighted by Crippen LogP contribution is -2.30. The third-order valence-corrected chi connectivity index (χ3v) is 4.79. The molecule has 1 aliphatic heterocycles. The van der Waals surface area contributed by atoms with Crippen LogP contribution in [-0.2, 0) is 0 Å². The largest absolute Gasteiger partial charge is 0.373 e. The van der Waals surface area contributed by atoms with Crippen molar-refractivity contribution in [3.05, 3.63) is 53.5 Å². The number of carbonyl (C=O) groups is 1. The van der Waals surface area contributed by atoms with E-state index in [9.17, 15) is 4.79 Å². The van der Waals surface area contributed by atoms with Crippen LogP contribution in [0.3, 0.4) is 0 Å². The highest BCUT2D eigenvalue weighted by Gasteiger charge is 2.31. The second-order valence-electron chi connectivity index (χ2n) is 6.44. The summed E-state index contributed by atoms with van der Waals surface area (Å²) in [7, 11) is 1.85. The second-order valence-corrected chi connectivity index (χ2v) is 6.44. The first-order chi connectivity index (χ1) is 12.2. The number of fused-ring (bicyclic) bond motifs is 1. The minimum Gasteiger partial charge on any atom is -0.373 e. The van der Waals surface area contributed by atoms with Crippen LogP contribution in [0.2, 0.25) is 0 Å². The SMILES string of the molecule is CNc1cc([C@@H]2CCCN2C(=O)c2ccc3nc(C)[nH]c3c2)ccn1. The Kier molecular flexibility index (Phi) is 3.87. The summed E-state index contributed by atoms with van der Waals surface area (Å²) < 4.78 is 0. The molecule has 128 valence electrons. The maximum Gasteiger partial charge on any atom is 0.254 e. The first kappa shape index (κ1) is 15.6. The number of likely N-dealkylation sites (tertiary alicyclic amines) is 1. The van der Waals surface area contributed by atoms with E-state index in [-0.39, 0.29) is 11.9 Å². The van der Waals surface area contributed by atoms with Crippen LogP contribution in [-0.4, -0.2) is 39.4 Å². The Morgan fingerprint density at radius 3 is 3.04 bits per heavy atom. The lowest BCUT2D eigenvalue weighted by molar-refractivity contribution is 0.0736. The van der Waals surface area contributed by atoms with Crippen LogP contribution >= 0.6 is 0 Å². The molecule has 0 unspecified atom stereocenters. The molecule has 0 saturated carbocycles. The first-order valence-electron chi connectivity index (χ1n) is 8.57. The summed E-state index contributed by atoms with van der Waals surface area (Å²) in [5, 5.41) is 3.06. The smallest absolute Gasteiger partial charge is 0.254 e. The van der Waals surface area contributed by atoms with Gasteiger partial charge in [0.05, 0.1) is 17.1 Å². The molecule has 2 aromatic heterocycles. The predicted octanol–water partition coefficient (Wildman–Crippen LogP) is 3.29. The lowest BCUT2D eigenvalue weighted by atomic mass is 10.0. The molecule has 1 atom stereocenters. The number of nitrogens with zero attached hydrogens (tertiary/aromatic N) is 3. The highest BCUT2D eigenvalue weighted by Crippen LogP contribution is 2.34. The topological polar surface area (TPSA) is 73.9 Å². The Morgan fingerprint density at radius 2 is 2.20 bits per heavy atom. The Bertz CT molecular complexity index is 932. The molecular weight excluding hydrogens is 314 g/mol. The summed E-state index contributed by atoms with van der Waals surface area (Å²) in [6.07, 6.45) is 3.78.